The molecule has 31 heavy (non-hydrogen) atoms. The highest BCUT2D eigenvalue weighted by Crippen LogP contribution is 2.44. The monoisotopic (exact) mass is 430 g/mol. The number of nitrogens with zero attached hydrogens (tertiary/aromatic N) is 1. The van der Waals surface area contributed by atoms with E-state index in [1.165, 1.54) is 6.92 Å². The lowest BCUT2D eigenvalue weighted by molar-refractivity contribution is -0.0513. The van der Waals surface area contributed by atoms with Crippen LogP contribution in [0.4, 0.5) is 9.18 Å². The van der Waals surface area contributed by atoms with Crippen molar-refractivity contribution in [3.63, 3.8) is 0 Å². The molecule has 1 aliphatic rings. The van der Waals surface area contributed by atoms with Crippen LogP contribution in [0, 0.1) is 5.41 Å². The Morgan fingerprint density at radius 3 is 2.65 bits per heavy atom. The van der Waals surface area contributed by atoms with Crippen LogP contribution in [0.2, 0.25) is 0 Å². The van der Waals surface area contributed by atoms with Gasteiger partial charge >= 0.3 is 6.09 Å². The zero-order chi connectivity index (χ0) is 23.0. The van der Waals surface area contributed by atoms with E-state index < -0.39 is 29.3 Å². The number of alkyl halides is 1. The van der Waals surface area contributed by atoms with Crippen LogP contribution in [0.15, 0.2) is 36.7 Å². The Balaban J connectivity index is 1.88. The van der Waals surface area contributed by atoms with Crippen molar-refractivity contribution in [3.05, 3.63) is 42.2 Å². The summed E-state index contributed by atoms with van der Waals surface area (Å²) >= 11 is 0. The van der Waals surface area contributed by atoms with E-state index in [-0.39, 0.29) is 12.5 Å². The highest BCUT2D eigenvalue weighted by Gasteiger charge is 2.45. The molecule has 0 bridgehead atoms. The van der Waals surface area contributed by atoms with E-state index in [4.69, 9.17) is 14.6 Å². The van der Waals surface area contributed by atoms with Crippen LogP contribution >= 0.6 is 0 Å². The standard InChI is InChI=1S/C24H31FN2O4/c1-14(27-22(28)29)12-24(6,25)21(23(3,4)5)31-16-7-8-18-17-9-10-26-13-19(17)15(2)30-20(18)11-16/h7-11,13-15,21,27H,12H2,1-6H3,(H,28,29). The molecule has 4 unspecified atom stereocenters. The van der Waals surface area contributed by atoms with Crippen molar-refractivity contribution in [3.8, 4) is 22.6 Å². The normalized spacial score (nSPS) is 19.1. The Morgan fingerprint density at radius 2 is 2.00 bits per heavy atom. The summed E-state index contributed by atoms with van der Waals surface area (Å²) in [4.78, 5) is 15.1. The molecule has 0 aliphatic carbocycles. The van der Waals surface area contributed by atoms with Crippen LogP contribution in [0.3, 0.4) is 0 Å². The third-order valence-corrected chi connectivity index (χ3v) is 5.50. The number of ether oxygens (including phenoxy) is 2. The average molecular weight is 431 g/mol. The highest BCUT2D eigenvalue weighted by molar-refractivity contribution is 5.76. The number of pyridine rings is 1. The summed E-state index contributed by atoms with van der Waals surface area (Å²) in [6.45, 7) is 10.8. The van der Waals surface area contributed by atoms with Crippen LogP contribution in [-0.2, 0) is 0 Å². The predicted molar refractivity (Wildman–Crippen MR) is 117 cm³/mol. The predicted octanol–water partition coefficient (Wildman–Crippen LogP) is 5.77. The molecule has 168 valence electrons. The zero-order valence-electron chi connectivity index (χ0n) is 18.9. The summed E-state index contributed by atoms with van der Waals surface area (Å²) in [5, 5.41) is 11.3. The third-order valence-electron chi connectivity index (χ3n) is 5.50. The second kappa shape index (κ2) is 8.36. The maximum absolute atomic E-state index is 15.8. The number of amides is 1. The fourth-order valence-electron chi connectivity index (χ4n) is 4.43. The lowest BCUT2D eigenvalue weighted by Crippen LogP contribution is -2.51. The Hall–Kier alpha value is -2.83. The minimum absolute atomic E-state index is 0.0138. The van der Waals surface area contributed by atoms with Crippen molar-refractivity contribution >= 4 is 6.09 Å². The highest BCUT2D eigenvalue weighted by atomic mass is 19.1. The smallest absolute Gasteiger partial charge is 0.404 e. The second-order valence-electron chi connectivity index (χ2n) is 9.58. The molecule has 0 saturated carbocycles. The van der Waals surface area contributed by atoms with Crippen molar-refractivity contribution in [2.24, 2.45) is 5.41 Å². The van der Waals surface area contributed by atoms with Gasteiger partial charge in [-0.2, -0.15) is 0 Å². The summed E-state index contributed by atoms with van der Waals surface area (Å²) in [5.74, 6) is 1.18. The minimum Gasteiger partial charge on any atom is -0.486 e. The molecule has 2 heterocycles. The number of carboxylic acid groups (broad SMARTS) is 1. The van der Waals surface area contributed by atoms with Crippen LogP contribution in [0.1, 0.15) is 59.6 Å². The van der Waals surface area contributed by atoms with E-state index in [1.807, 2.05) is 52.1 Å². The van der Waals surface area contributed by atoms with Gasteiger partial charge in [0.15, 0.2) is 0 Å². The molecule has 1 aliphatic heterocycles. The van der Waals surface area contributed by atoms with E-state index in [0.29, 0.717) is 11.5 Å². The molecule has 3 rings (SSSR count). The first-order valence-corrected chi connectivity index (χ1v) is 10.5. The molecule has 1 aromatic heterocycles. The quantitative estimate of drug-likeness (QED) is 0.608. The number of aromatic nitrogens is 1. The van der Waals surface area contributed by atoms with E-state index in [0.717, 1.165) is 16.7 Å². The number of hydrogen-bond donors (Lipinski definition) is 2. The molecular weight excluding hydrogens is 399 g/mol. The average Bonchev–Trinajstić information content (AvgIpc) is 2.64. The number of rotatable bonds is 6. The van der Waals surface area contributed by atoms with E-state index in [1.54, 1.807) is 19.2 Å². The molecule has 2 N–H and O–H groups in total. The molecule has 1 amide bonds. The van der Waals surface area contributed by atoms with Crippen LogP contribution in [0.25, 0.3) is 11.1 Å². The van der Waals surface area contributed by atoms with Gasteiger partial charge in [-0.3, -0.25) is 4.98 Å². The SMILES string of the molecule is CC(CC(C)(F)C(Oc1ccc2c(c1)OC(C)c1cnccc1-2)C(C)(C)C)NC(=O)O. The fraction of sp³-hybridized carbons (Fsp3) is 0.500. The number of benzene rings is 1. The van der Waals surface area contributed by atoms with E-state index in [9.17, 15) is 4.79 Å². The molecule has 4 atom stereocenters. The van der Waals surface area contributed by atoms with Crippen LogP contribution in [0.5, 0.6) is 11.5 Å². The Labute approximate surface area is 182 Å². The lowest BCUT2D eigenvalue weighted by atomic mass is 9.77. The topological polar surface area (TPSA) is 80.7 Å². The van der Waals surface area contributed by atoms with Crippen molar-refractivity contribution in [1.29, 1.82) is 0 Å². The van der Waals surface area contributed by atoms with Gasteiger partial charge in [0.25, 0.3) is 0 Å². The van der Waals surface area contributed by atoms with E-state index in [2.05, 4.69) is 10.3 Å². The number of nitrogens with one attached hydrogen (secondary N) is 1. The lowest BCUT2D eigenvalue weighted by Gasteiger charge is -2.40. The molecule has 0 saturated heterocycles. The van der Waals surface area contributed by atoms with Crippen LogP contribution in [-0.4, -0.2) is 34.0 Å². The summed E-state index contributed by atoms with van der Waals surface area (Å²) < 4.78 is 28.1. The molecule has 6 nitrogen and oxygen atoms in total. The van der Waals surface area contributed by atoms with Gasteiger partial charge in [0, 0.05) is 47.5 Å². The number of hydrogen-bond acceptors (Lipinski definition) is 4. The molecule has 0 fully saturated rings. The molecular formula is C24H31FN2O4. The largest absolute Gasteiger partial charge is 0.486 e. The van der Waals surface area contributed by atoms with Gasteiger partial charge in [-0.25, -0.2) is 9.18 Å². The van der Waals surface area contributed by atoms with Gasteiger partial charge in [-0.15, -0.1) is 0 Å². The Morgan fingerprint density at radius 1 is 1.29 bits per heavy atom. The minimum atomic E-state index is -1.78. The summed E-state index contributed by atoms with van der Waals surface area (Å²) in [7, 11) is 0. The number of carbonyl (C=O) groups is 1. The molecule has 2 aromatic rings. The fourth-order valence-corrected chi connectivity index (χ4v) is 4.43. The second-order valence-corrected chi connectivity index (χ2v) is 9.58. The van der Waals surface area contributed by atoms with Crippen molar-refractivity contribution in [2.45, 2.75) is 71.9 Å². The third kappa shape index (κ3) is 5.09. The zero-order valence-corrected chi connectivity index (χ0v) is 18.9. The van der Waals surface area contributed by atoms with Gasteiger partial charge in [0.05, 0.1) is 0 Å². The Kier molecular flexibility index (Phi) is 6.16. The van der Waals surface area contributed by atoms with Crippen molar-refractivity contribution in [2.75, 3.05) is 0 Å². The Bertz CT molecular complexity index is 955. The molecule has 7 heteroatoms. The molecule has 0 spiro atoms. The molecule has 1 aromatic carbocycles. The van der Waals surface area contributed by atoms with Crippen molar-refractivity contribution < 1.29 is 23.8 Å². The summed E-state index contributed by atoms with van der Waals surface area (Å²) in [6, 6.07) is 6.93. The first kappa shape index (κ1) is 22.8. The van der Waals surface area contributed by atoms with Gasteiger partial charge in [-0.05, 0) is 44.5 Å². The number of halogens is 1. The van der Waals surface area contributed by atoms with Crippen LogP contribution < -0.4 is 14.8 Å². The maximum atomic E-state index is 15.8. The van der Waals surface area contributed by atoms with Gasteiger partial charge < -0.3 is 19.9 Å². The van der Waals surface area contributed by atoms with Crippen molar-refractivity contribution in [1.82, 2.24) is 10.3 Å². The first-order chi connectivity index (χ1) is 14.4. The summed E-state index contributed by atoms with van der Waals surface area (Å²) in [6.07, 6.45) is 1.41. The van der Waals surface area contributed by atoms with Gasteiger partial charge in [0.1, 0.15) is 29.4 Å². The summed E-state index contributed by atoms with van der Waals surface area (Å²) in [5.41, 5.74) is 0.716. The first-order valence-electron chi connectivity index (χ1n) is 10.5. The number of fused-ring (bicyclic) bond motifs is 3. The molecule has 0 radical (unpaired) electrons. The van der Waals surface area contributed by atoms with E-state index >= 15 is 4.39 Å². The van der Waals surface area contributed by atoms with Gasteiger partial charge in [0.2, 0.25) is 0 Å². The maximum Gasteiger partial charge on any atom is 0.404 e. The van der Waals surface area contributed by atoms with Gasteiger partial charge in [-0.1, -0.05) is 20.8 Å².